The fourth-order valence-electron chi connectivity index (χ4n) is 2.45. The molecule has 2 heterocycles. The van der Waals surface area contributed by atoms with Gasteiger partial charge in [-0.1, -0.05) is 0 Å². The summed E-state index contributed by atoms with van der Waals surface area (Å²) in [4.78, 5) is 14.3. The van der Waals surface area contributed by atoms with Crippen LogP contribution in [0, 0.1) is 5.92 Å². The van der Waals surface area contributed by atoms with E-state index < -0.39 is 5.97 Å². The number of hydrogen-bond acceptors (Lipinski definition) is 7. The van der Waals surface area contributed by atoms with Crippen LogP contribution in [0.25, 0.3) is 0 Å². The molecule has 0 bridgehead atoms. The van der Waals surface area contributed by atoms with Gasteiger partial charge in [-0.3, -0.25) is 0 Å². The maximum absolute atomic E-state index is 11.7. The first kappa shape index (κ1) is 14.9. The molecule has 2 N–H and O–H groups in total. The lowest BCUT2D eigenvalue weighted by Gasteiger charge is -2.17. The molecule has 0 radical (unpaired) electrons. The summed E-state index contributed by atoms with van der Waals surface area (Å²) in [5, 5.41) is 0.893. The van der Waals surface area contributed by atoms with Crippen LogP contribution in [-0.4, -0.2) is 47.0 Å². The minimum Gasteiger partial charge on any atom is -0.492 e. The molecule has 0 aromatic carbocycles. The third-order valence-electron chi connectivity index (χ3n) is 3.43. The summed E-state index contributed by atoms with van der Waals surface area (Å²) in [6.07, 6.45) is 1.06. The second-order valence-electron chi connectivity index (χ2n) is 4.73. The van der Waals surface area contributed by atoms with Crippen LogP contribution in [0.1, 0.15) is 16.1 Å². The molecule has 6 nitrogen and oxygen atoms in total. The molecule has 7 heteroatoms. The molecule has 0 amide bonds. The Bertz CT molecular complexity index is 489. The molecule has 0 aliphatic carbocycles. The van der Waals surface area contributed by atoms with Crippen LogP contribution >= 0.6 is 11.3 Å². The van der Waals surface area contributed by atoms with E-state index in [1.54, 1.807) is 14.2 Å². The van der Waals surface area contributed by atoms with Gasteiger partial charge in [-0.15, -0.1) is 11.3 Å². The third-order valence-corrected chi connectivity index (χ3v) is 4.66. The average molecular weight is 300 g/mol. The summed E-state index contributed by atoms with van der Waals surface area (Å²) in [7, 11) is 4.62. The number of ether oxygens (including phenoxy) is 3. The number of esters is 1. The highest BCUT2D eigenvalue weighted by Gasteiger charge is 2.30. The van der Waals surface area contributed by atoms with Gasteiger partial charge in [0, 0.05) is 26.1 Å². The smallest absolute Gasteiger partial charge is 0.350 e. The van der Waals surface area contributed by atoms with Crippen molar-refractivity contribution in [3.05, 3.63) is 4.88 Å². The number of thiophene rings is 1. The predicted octanol–water partition coefficient (Wildman–Crippen LogP) is 1.60. The molecule has 20 heavy (non-hydrogen) atoms. The van der Waals surface area contributed by atoms with Gasteiger partial charge in [0.05, 0.1) is 20.8 Å². The number of nitrogens with two attached hydrogens (primary N) is 1. The topological polar surface area (TPSA) is 74.0 Å². The Labute approximate surface area is 122 Å². The van der Waals surface area contributed by atoms with Crippen LogP contribution in [0.5, 0.6) is 5.75 Å². The van der Waals surface area contributed by atoms with Gasteiger partial charge >= 0.3 is 5.97 Å². The molecule has 1 aliphatic rings. The summed E-state index contributed by atoms with van der Waals surface area (Å²) in [6.45, 7) is 2.53. The highest BCUT2D eigenvalue weighted by molar-refractivity contribution is 7.19. The number of methoxy groups -OCH3 is 3. The van der Waals surface area contributed by atoms with Gasteiger partial charge in [0.2, 0.25) is 0 Å². The zero-order valence-corrected chi connectivity index (χ0v) is 12.8. The molecule has 0 spiro atoms. The van der Waals surface area contributed by atoms with Crippen molar-refractivity contribution in [1.29, 1.82) is 0 Å². The lowest BCUT2D eigenvalue weighted by atomic mass is 10.1. The van der Waals surface area contributed by atoms with Crippen LogP contribution in [-0.2, 0) is 9.47 Å². The van der Waals surface area contributed by atoms with E-state index in [2.05, 4.69) is 4.90 Å². The van der Waals surface area contributed by atoms with E-state index in [1.807, 2.05) is 0 Å². The minimum absolute atomic E-state index is 0.356. The first-order valence-corrected chi connectivity index (χ1v) is 7.22. The zero-order valence-electron chi connectivity index (χ0n) is 12.0. The first-order chi connectivity index (χ1) is 9.62. The molecule has 1 aliphatic heterocycles. The normalized spacial score (nSPS) is 18.4. The third kappa shape index (κ3) is 2.69. The number of rotatable bonds is 5. The Morgan fingerprint density at radius 3 is 2.80 bits per heavy atom. The molecule has 1 unspecified atom stereocenters. The Balaban J connectivity index is 2.26. The zero-order chi connectivity index (χ0) is 14.7. The number of hydrogen-bond donors (Lipinski definition) is 1. The summed E-state index contributed by atoms with van der Waals surface area (Å²) in [6, 6.07) is 0. The largest absolute Gasteiger partial charge is 0.492 e. The highest BCUT2D eigenvalue weighted by Crippen LogP contribution is 2.46. The molecule has 1 atom stereocenters. The van der Waals surface area contributed by atoms with E-state index in [0.29, 0.717) is 22.2 Å². The van der Waals surface area contributed by atoms with Crippen LogP contribution < -0.4 is 15.4 Å². The van der Waals surface area contributed by atoms with Crippen LogP contribution in [0.4, 0.5) is 10.7 Å². The number of carbonyl (C=O) groups is 1. The molecule has 1 aromatic heterocycles. The van der Waals surface area contributed by atoms with E-state index in [0.717, 1.165) is 31.1 Å². The maximum Gasteiger partial charge on any atom is 0.350 e. The van der Waals surface area contributed by atoms with Gasteiger partial charge in [0.15, 0.2) is 5.75 Å². The summed E-state index contributed by atoms with van der Waals surface area (Å²) < 4.78 is 15.3. The summed E-state index contributed by atoms with van der Waals surface area (Å²) in [5.74, 6) is 0.632. The Kier molecular flexibility index (Phi) is 4.72. The van der Waals surface area contributed by atoms with E-state index in [-0.39, 0.29) is 0 Å². The Hall–Kier alpha value is -1.47. The SMILES string of the molecule is COCC1CCN(c2sc(C(=O)OC)c(N)c2OC)C1. The van der Waals surface area contributed by atoms with Crippen molar-refractivity contribution in [3.63, 3.8) is 0 Å². The van der Waals surface area contributed by atoms with Crippen molar-refractivity contribution < 1.29 is 19.0 Å². The van der Waals surface area contributed by atoms with Crippen molar-refractivity contribution >= 4 is 28.0 Å². The Morgan fingerprint density at radius 2 is 2.20 bits per heavy atom. The molecule has 112 valence electrons. The van der Waals surface area contributed by atoms with Crippen molar-refractivity contribution in [2.24, 2.45) is 5.92 Å². The molecule has 0 saturated carbocycles. The predicted molar refractivity (Wildman–Crippen MR) is 78.8 cm³/mol. The van der Waals surface area contributed by atoms with Crippen molar-refractivity contribution in [2.75, 3.05) is 51.7 Å². The fraction of sp³-hybridized carbons (Fsp3) is 0.615. The van der Waals surface area contributed by atoms with E-state index in [1.165, 1.54) is 18.4 Å². The average Bonchev–Trinajstić information content (AvgIpc) is 3.02. The van der Waals surface area contributed by atoms with Gasteiger partial charge in [0.1, 0.15) is 15.6 Å². The van der Waals surface area contributed by atoms with Gasteiger partial charge in [-0.25, -0.2) is 4.79 Å². The van der Waals surface area contributed by atoms with Gasteiger partial charge in [-0.05, 0) is 6.42 Å². The molecule has 1 aromatic rings. The minimum atomic E-state index is -0.426. The summed E-state index contributed by atoms with van der Waals surface area (Å²) in [5.41, 5.74) is 6.34. The van der Waals surface area contributed by atoms with Gasteiger partial charge in [0.25, 0.3) is 0 Å². The second kappa shape index (κ2) is 6.32. The summed E-state index contributed by atoms with van der Waals surface area (Å²) >= 11 is 1.32. The molecule has 1 fully saturated rings. The number of carbonyl (C=O) groups excluding carboxylic acids is 1. The lowest BCUT2D eigenvalue weighted by molar-refractivity contribution is 0.0607. The van der Waals surface area contributed by atoms with Crippen LogP contribution in [0.3, 0.4) is 0 Å². The first-order valence-electron chi connectivity index (χ1n) is 6.40. The second-order valence-corrected chi connectivity index (χ2v) is 5.73. The van der Waals surface area contributed by atoms with Crippen molar-refractivity contribution in [2.45, 2.75) is 6.42 Å². The number of nitrogens with zero attached hydrogens (tertiary/aromatic N) is 1. The molecule has 1 saturated heterocycles. The van der Waals surface area contributed by atoms with Gasteiger partial charge < -0.3 is 24.8 Å². The number of nitrogen functional groups attached to an aromatic ring is 1. The standard InChI is InChI=1S/C13H20N2O4S/c1-17-7-8-4-5-15(6-8)12-10(18-2)9(14)11(20-12)13(16)19-3/h8H,4-7,14H2,1-3H3. The maximum atomic E-state index is 11.7. The molecular weight excluding hydrogens is 280 g/mol. The monoisotopic (exact) mass is 300 g/mol. The lowest BCUT2D eigenvalue weighted by Crippen LogP contribution is -2.20. The van der Waals surface area contributed by atoms with E-state index in [9.17, 15) is 4.79 Å². The number of anilines is 2. The molecular formula is C13H20N2O4S. The fourth-order valence-corrected chi connectivity index (χ4v) is 3.60. The van der Waals surface area contributed by atoms with Crippen LogP contribution in [0.2, 0.25) is 0 Å². The van der Waals surface area contributed by atoms with E-state index in [4.69, 9.17) is 19.9 Å². The quantitative estimate of drug-likeness (QED) is 0.833. The van der Waals surface area contributed by atoms with Crippen molar-refractivity contribution in [1.82, 2.24) is 0 Å². The van der Waals surface area contributed by atoms with E-state index >= 15 is 0 Å². The molecule has 2 rings (SSSR count). The Morgan fingerprint density at radius 1 is 1.45 bits per heavy atom. The van der Waals surface area contributed by atoms with Crippen molar-refractivity contribution in [3.8, 4) is 5.75 Å². The van der Waals surface area contributed by atoms with Gasteiger partial charge in [-0.2, -0.15) is 0 Å². The van der Waals surface area contributed by atoms with Crippen LogP contribution in [0.15, 0.2) is 0 Å². The highest BCUT2D eigenvalue weighted by atomic mass is 32.1.